The number of nitrogen functional groups attached to an aromatic ring is 1. The second-order valence-electron chi connectivity index (χ2n) is 4.16. The first-order valence-electron chi connectivity index (χ1n) is 5.82. The van der Waals surface area contributed by atoms with Crippen LogP contribution in [-0.4, -0.2) is 9.91 Å². The molecule has 3 N–H and O–H groups in total. The molecule has 7 nitrogen and oxygen atoms in total. The Morgan fingerprint density at radius 1 is 1.50 bits per heavy atom. The molecule has 1 heterocycles. The van der Waals surface area contributed by atoms with Crippen LogP contribution in [0.25, 0.3) is 0 Å². The molecule has 8 heteroatoms. The fourth-order valence-corrected chi connectivity index (χ4v) is 2.45. The summed E-state index contributed by atoms with van der Waals surface area (Å²) in [6.45, 7) is 3.72. The number of aryl methyl sites for hydroxylation is 2. The number of rotatable bonds is 5. The highest BCUT2D eigenvalue weighted by molar-refractivity contribution is 7.98. The molecule has 0 aliphatic heterocycles. The molecule has 0 amide bonds. The molecule has 0 bridgehead atoms. The van der Waals surface area contributed by atoms with Crippen LogP contribution in [0.3, 0.4) is 0 Å². The highest BCUT2D eigenvalue weighted by Crippen LogP contribution is 2.29. The van der Waals surface area contributed by atoms with Gasteiger partial charge in [0.05, 0.1) is 10.6 Å². The van der Waals surface area contributed by atoms with E-state index in [1.807, 2.05) is 13.8 Å². The minimum atomic E-state index is -0.469. The van der Waals surface area contributed by atoms with E-state index in [2.05, 4.69) is 10.4 Å². The summed E-state index contributed by atoms with van der Waals surface area (Å²) < 4.78 is 5.44. The number of thioether (sulfide) groups is 1. The second kappa shape index (κ2) is 5.93. The average molecular weight is 294 g/mol. The number of oxazole rings is 1. The third kappa shape index (κ3) is 3.09. The minimum Gasteiger partial charge on any atom is -0.437 e. The van der Waals surface area contributed by atoms with Crippen LogP contribution < -0.4 is 11.3 Å². The molecular weight excluding hydrogens is 280 g/mol. The summed E-state index contributed by atoms with van der Waals surface area (Å²) in [4.78, 5) is 14.7. The molecule has 2 rings (SSSR count). The zero-order valence-electron chi connectivity index (χ0n) is 11.0. The summed E-state index contributed by atoms with van der Waals surface area (Å²) in [7, 11) is 0. The van der Waals surface area contributed by atoms with Crippen LogP contribution >= 0.6 is 11.8 Å². The maximum Gasteiger partial charge on any atom is 0.293 e. The van der Waals surface area contributed by atoms with E-state index in [0.29, 0.717) is 11.0 Å². The largest absolute Gasteiger partial charge is 0.437 e. The fraction of sp³-hybridized carbons (Fsp3) is 0.250. The number of hydrogen-bond acceptors (Lipinski definition) is 7. The summed E-state index contributed by atoms with van der Waals surface area (Å²) in [5.74, 6) is 6.55. The van der Waals surface area contributed by atoms with Crippen molar-refractivity contribution in [1.29, 1.82) is 0 Å². The first-order chi connectivity index (χ1) is 9.51. The van der Waals surface area contributed by atoms with E-state index < -0.39 is 4.92 Å². The van der Waals surface area contributed by atoms with E-state index in [4.69, 9.17) is 10.3 Å². The van der Waals surface area contributed by atoms with Crippen LogP contribution in [0.4, 0.5) is 11.4 Å². The average Bonchev–Trinajstić information content (AvgIpc) is 2.75. The molecule has 106 valence electrons. The van der Waals surface area contributed by atoms with Gasteiger partial charge in [0.2, 0.25) is 0 Å². The Balaban J connectivity index is 2.13. The zero-order chi connectivity index (χ0) is 14.7. The number of nitrogens with one attached hydrogen (secondary N) is 1. The standard InChI is InChI=1S/C12H14N4O3S/c1-7-8(2)19-12(14-7)20-6-9-3-4-10(15-13)11(5-9)16(17)18/h3-5,15H,6,13H2,1-2H3. The highest BCUT2D eigenvalue weighted by atomic mass is 32.2. The number of nitro benzene ring substituents is 1. The van der Waals surface area contributed by atoms with Gasteiger partial charge in [-0.2, -0.15) is 0 Å². The zero-order valence-corrected chi connectivity index (χ0v) is 11.9. The van der Waals surface area contributed by atoms with Gasteiger partial charge < -0.3 is 9.84 Å². The summed E-state index contributed by atoms with van der Waals surface area (Å²) in [5.41, 5.74) is 4.19. The number of anilines is 1. The number of aromatic nitrogens is 1. The van der Waals surface area contributed by atoms with Crippen LogP contribution in [0.2, 0.25) is 0 Å². The van der Waals surface area contributed by atoms with Crippen LogP contribution in [0.1, 0.15) is 17.0 Å². The van der Waals surface area contributed by atoms with Crippen molar-refractivity contribution in [3.8, 4) is 0 Å². The Morgan fingerprint density at radius 2 is 2.25 bits per heavy atom. The lowest BCUT2D eigenvalue weighted by molar-refractivity contribution is -0.384. The van der Waals surface area contributed by atoms with E-state index >= 15 is 0 Å². The topological polar surface area (TPSA) is 107 Å². The number of benzene rings is 1. The van der Waals surface area contributed by atoms with Crippen molar-refractivity contribution < 1.29 is 9.34 Å². The minimum absolute atomic E-state index is 0.0506. The Bertz CT molecular complexity index is 622. The summed E-state index contributed by atoms with van der Waals surface area (Å²) in [6.07, 6.45) is 0. The number of nitro groups is 1. The molecule has 0 radical (unpaired) electrons. The lowest BCUT2D eigenvalue weighted by Gasteiger charge is -2.04. The van der Waals surface area contributed by atoms with Crippen molar-refractivity contribution in [2.75, 3.05) is 5.43 Å². The molecule has 0 atom stereocenters. The van der Waals surface area contributed by atoms with E-state index in [0.717, 1.165) is 17.0 Å². The maximum atomic E-state index is 10.9. The van der Waals surface area contributed by atoms with Gasteiger partial charge in [-0.3, -0.25) is 16.0 Å². The number of hydrazine groups is 1. The van der Waals surface area contributed by atoms with E-state index in [1.54, 1.807) is 12.1 Å². The predicted molar refractivity (Wildman–Crippen MR) is 76.4 cm³/mol. The molecule has 0 spiro atoms. The summed E-state index contributed by atoms with van der Waals surface area (Å²) in [5, 5.41) is 11.5. The van der Waals surface area contributed by atoms with Crippen molar-refractivity contribution in [3.05, 3.63) is 45.3 Å². The van der Waals surface area contributed by atoms with Crippen LogP contribution in [0.5, 0.6) is 0 Å². The van der Waals surface area contributed by atoms with Gasteiger partial charge in [-0.15, -0.1) is 0 Å². The Kier molecular flexibility index (Phi) is 4.26. The number of nitrogens with two attached hydrogens (primary N) is 1. The molecule has 0 aliphatic carbocycles. The van der Waals surface area contributed by atoms with E-state index in [1.165, 1.54) is 17.8 Å². The summed E-state index contributed by atoms with van der Waals surface area (Å²) >= 11 is 1.39. The highest BCUT2D eigenvalue weighted by Gasteiger charge is 2.14. The quantitative estimate of drug-likeness (QED) is 0.378. The van der Waals surface area contributed by atoms with Gasteiger partial charge >= 0.3 is 0 Å². The van der Waals surface area contributed by atoms with Crippen molar-refractivity contribution >= 4 is 23.1 Å². The molecule has 0 aliphatic rings. The van der Waals surface area contributed by atoms with Gasteiger partial charge in [0.15, 0.2) is 0 Å². The van der Waals surface area contributed by atoms with E-state index in [9.17, 15) is 10.1 Å². The lowest BCUT2D eigenvalue weighted by Crippen LogP contribution is -2.09. The van der Waals surface area contributed by atoms with Gasteiger partial charge in [-0.05, 0) is 25.5 Å². The maximum absolute atomic E-state index is 10.9. The summed E-state index contributed by atoms with van der Waals surface area (Å²) in [6, 6.07) is 4.85. The monoisotopic (exact) mass is 294 g/mol. The van der Waals surface area contributed by atoms with Crippen molar-refractivity contribution in [2.45, 2.75) is 24.8 Å². The molecule has 1 aromatic heterocycles. The van der Waals surface area contributed by atoms with Crippen LogP contribution in [-0.2, 0) is 5.75 Å². The second-order valence-corrected chi connectivity index (χ2v) is 5.09. The molecule has 0 saturated carbocycles. The first-order valence-corrected chi connectivity index (χ1v) is 6.80. The smallest absolute Gasteiger partial charge is 0.293 e. The Labute approximate surface area is 119 Å². The van der Waals surface area contributed by atoms with Gasteiger partial charge in [0, 0.05) is 11.8 Å². The van der Waals surface area contributed by atoms with Crippen LogP contribution in [0.15, 0.2) is 27.8 Å². The fourth-order valence-electron chi connectivity index (χ4n) is 1.59. The SMILES string of the molecule is Cc1nc(SCc2ccc(NN)c([N+](=O)[O-])c2)oc1C. The number of hydrogen-bond donors (Lipinski definition) is 2. The number of nitrogens with zero attached hydrogens (tertiary/aromatic N) is 2. The van der Waals surface area contributed by atoms with Gasteiger partial charge in [0.1, 0.15) is 11.4 Å². The van der Waals surface area contributed by atoms with Crippen molar-refractivity contribution in [2.24, 2.45) is 5.84 Å². The molecule has 0 fully saturated rings. The Morgan fingerprint density at radius 3 is 2.80 bits per heavy atom. The molecule has 20 heavy (non-hydrogen) atoms. The third-order valence-electron chi connectivity index (χ3n) is 2.79. The molecule has 1 aromatic carbocycles. The van der Waals surface area contributed by atoms with Gasteiger partial charge in [-0.25, -0.2) is 4.98 Å². The van der Waals surface area contributed by atoms with Crippen molar-refractivity contribution in [3.63, 3.8) is 0 Å². The Hall–Kier alpha value is -2.06. The van der Waals surface area contributed by atoms with E-state index in [-0.39, 0.29) is 11.4 Å². The van der Waals surface area contributed by atoms with Gasteiger partial charge in [0.25, 0.3) is 10.9 Å². The molecule has 0 unspecified atom stereocenters. The predicted octanol–water partition coefficient (Wildman–Crippen LogP) is 2.78. The first kappa shape index (κ1) is 14.4. The molecule has 2 aromatic rings. The lowest BCUT2D eigenvalue weighted by atomic mass is 10.2. The molecular formula is C12H14N4O3S. The van der Waals surface area contributed by atoms with Crippen LogP contribution in [0, 0.1) is 24.0 Å². The van der Waals surface area contributed by atoms with Crippen molar-refractivity contribution in [1.82, 2.24) is 4.98 Å². The third-order valence-corrected chi connectivity index (χ3v) is 3.68. The molecule has 0 saturated heterocycles. The normalized spacial score (nSPS) is 10.6. The van der Waals surface area contributed by atoms with Gasteiger partial charge in [-0.1, -0.05) is 17.8 Å².